The van der Waals surface area contributed by atoms with Crippen molar-refractivity contribution in [3.05, 3.63) is 59.0 Å². The van der Waals surface area contributed by atoms with Crippen LogP contribution in [0, 0.1) is 0 Å². The Hall–Kier alpha value is -3.46. The van der Waals surface area contributed by atoms with Crippen LogP contribution in [0.1, 0.15) is 19.4 Å². The van der Waals surface area contributed by atoms with Gasteiger partial charge in [0.15, 0.2) is 0 Å². The summed E-state index contributed by atoms with van der Waals surface area (Å²) in [6.45, 7) is 6.99. The highest BCUT2D eigenvalue weighted by molar-refractivity contribution is 8.18. The van der Waals surface area contributed by atoms with Gasteiger partial charge in [-0.25, -0.2) is 0 Å². The molecule has 0 aromatic heterocycles. The van der Waals surface area contributed by atoms with E-state index in [0.29, 0.717) is 56.5 Å². The monoisotopic (exact) mass is 495 g/mol. The van der Waals surface area contributed by atoms with Crippen LogP contribution in [0.25, 0.3) is 6.08 Å². The molecule has 2 aliphatic rings. The van der Waals surface area contributed by atoms with Crippen LogP contribution in [-0.2, 0) is 9.59 Å². The lowest BCUT2D eigenvalue weighted by Crippen LogP contribution is -2.51. The predicted molar refractivity (Wildman–Crippen MR) is 137 cm³/mol. The maximum Gasteiger partial charge on any atom is 0.294 e. The van der Waals surface area contributed by atoms with Crippen LogP contribution in [-0.4, -0.2) is 72.8 Å². The number of imide groups is 1. The van der Waals surface area contributed by atoms with Gasteiger partial charge in [0, 0.05) is 43.5 Å². The minimum Gasteiger partial charge on any atom is -0.494 e. The average Bonchev–Trinajstić information content (AvgIpc) is 3.14. The Morgan fingerprint density at radius 2 is 1.69 bits per heavy atom. The Morgan fingerprint density at radius 1 is 0.971 bits per heavy atom. The summed E-state index contributed by atoms with van der Waals surface area (Å²) in [7, 11) is 0. The molecule has 35 heavy (non-hydrogen) atoms. The number of amides is 3. The van der Waals surface area contributed by atoms with Crippen molar-refractivity contribution < 1.29 is 23.9 Å². The number of anilines is 1. The summed E-state index contributed by atoms with van der Waals surface area (Å²) in [4.78, 5) is 43.7. The van der Waals surface area contributed by atoms with Crippen molar-refractivity contribution >= 4 is 40.6 Å². The predicted octanol–water partition coefficient (Wildman–Crippen LogP) is 3.87. The molecule has 2 aromatic carbocycles. The molecule has 2 fully saturated rings. The van der Waals surface area contributed by atoms with Gasteiger partial charge < -0.3 is 19.3 Å². The zero-order chi connectivity index (χ0) is 24.8. The Kier molecular flexibility index (Phi) is 7.97. The number of carbonyl (C=O) groups excluding carboxylic acids is 3. The first-order valence-corrected chi connectivity index (χ1v) is 12.5. The lowest BCUT2D eigenvalue weighted by Gasteiger charge is -2.36. The van der Waals surface area contributed by atoms with Gasteiger partial charge in [-0.3, -0.25) is 19.3 Å². The third-order valence-corrected chi connectivity index (χ3v) is 6.71. The van der Waals surface area contributed by atoms with Crippen LogP contribution in [0.15, 0.2) is 53.4 Å². The van der Waals surface area contributed by atoms with Gasteiger partial charge in [0.2, 0.25) is 5.91 Å². The molecule has 9 heteroatoms. The number of hydrogen-bond donors (Lipinski definition) is 0. The van der Waals surface area contributed by atoms with E-state index < -0.39 is 11.1 Å². The largest absolute Gasteiger partial charge is 0.494 e. The minimum absolute atomic E-state index is 0.225. The van der Waals surface area contributed by atoms with Crippen LogP contribution < -0.4 is 14.4 Å². The highest BCUT2D eigenvalue weighted by Gasteiger charge is 2.37. The molecular formula is C26H29N3O5S. The average molecular weight is 496 g/mol. The van der Waals surface area contributed by atoms with Gasteiger partial charge in [-0.1, -0.05) is 18.2 Å². The molecule has 0 N–H and O–H groups in total. The minimum atomic E-state index is -0.465. The van der Waals surface area contributed by atoms with Gasteiger partial charge in [-0.05, 0) is 56.0 Å². The molecule has 2 aromatic rings. The van der Waals surface area contributed by atoms with E-state index in [9.17, 15) is 14.4 Å². The second-order valence-electron chi connectivity index (χ2n) is 8.04. The third-order valence-electron chi connectivity index (χ3n) is 5.80. The second kappa shape index (κ2) is 11.3. The number of para-hydroxylation sites is 1. The summed E-state index contributed by atoms with van der Waals surface area (Å²) in [6, 6.07) is 15.4. The molecule has 184 valence electrons. The van der Waals surface area contributed by atoms with E-state index in [2.05, 4.69) is 4.90 Å². The van der Waals surface area contributed by atoms with Crippen molar-refractivity contribution in [2.75, 3.05) is 50.8 Å². The summed E-state index contributed by atoms with van der Waals surface area (Å²) in [5, 5.41) is -0.443. The smallest absolute Gasteiger partial charge is 0.294 e. The van der Waals surface area contributed by atoms with E-state index in [1.807, 2.05) is 44.2 Å². The van der Waals surface area contributed by atoms with Gasteiger partial charge in [-0.15, -0.1) is 0 Å². The van der Waals surface area contributed by atoms with Gasteiger partial charge in [0.25, 0.3) is 11.1 Å². The van der Waals surface area contributed by atoms with Crippen molar-refractivity contribution in [1.29, 1.82) is 0 Å². The van der Waals surface area contributed by atoms with E-state index in [1.54, 1.807) is 29.2 Å². The molecule has 3 amide bonds. The number of benzene rings is 2. The van der Waals surface area contributed by atoms with Crippen LogP contribution in [0.3, 0.4) is 0 Å². The molecular weight excluding hydrogens is 466 g/mol. The number of hydrogen-bond acceptors (Lipinski definition) is 7. The van der Waals surface area contributed by atoms with E-state index in [0.717, 1.165) is 22.3 Å². The van der Waals surface area contributed by atoms with E-state index in [4.69, 9.17) is 9.47 Å². The normalized spacial score (nSPS) is 17.3. The summed E-state index contributed by atoms with van der Waals surface area (Å²) >= 11 is 0.837. The maximum atomic E-state index is 13.0. The first kappa shape index (κ1) is 24.7. The van der Waals surface area contributed by atoms with Gasteiger partial charge >= 0.3 is 0 Å². The van der Waals surface area contributed by atoms with Crippen molar-refractivity contribution in [3.8, 4) is 11.5 Å². The van der Waals surface area contributed by atoms with Gasteiger partial charge in [0.1, 0.15) is 18.0 Å². The molecule has 2 aliphatic heterocycles. The summed E-state index contributed by atoms with van der Waals surface area (Å²) in [5.74, 6) is 0.543. The zero-order valence-electron chi connectivity index (χ0n) is 19.9. The van der Waals surface area contributed by atoms with Crippen molar-refractivity contribution in [2.24, 2.45) is 0 Å². The SMILES string of the molecule is CCOc1ccc(/C=C2\SC(=O)N(CC(=O)N3CCN(c4ccccc4)CC3)C2=O)c(OCC)c1. The fourth-order valence-corrected chi connectivity index (χ4v) is 4.87. The molecule has 2 saturated heterocycles. The summed E-state index contributed by atoms with van der Waals surface area (Å²) in [6.07, 6.45) is 1.63. The molecule has 0 spiro atoms. The molecule has 0 unspecified atom stereocenters. The Bertz CT molecular complexity index is 1110. The van der Waals surface area contributed by atoms with Crippen LogP contribution in [0.4, 0.5) is 10.5 Å². The molecule has 0 atom stereocenters. The Balaban J connectivity index is 1.40. The summed E-state index contributed by atoms with van der Waals surface area (Å²) in [5.41, 5.74) is 1.79. The van der Waals surface area contributed by atoms with Crippen LogP contribution in [0.5, 0.6) is 11.5 Å². The second-order valence-corrected chi connectivity index (χ2v) is 9.03. The van der Waals surface area contributed by atoms with E-state index in [1.165, 1.54) is 0 Å². The molecule has 0 bridgehead atoms. The fourth-order valence-electron chi connectivity index (χ4n) is 4.04. The Labute approximate surface area is 209 Å². The number of rotatable bonds is 8. The highest BCUT2D eigenvalue weighted by Crippen LogP contribution is 2.35. The first-order chi connectivity index (χ1) is 17.0. The highest BCUT2D eigenvalue weighted by atomic mass is 32.2. The number of thioether (sulfide) groups is 1. The number of ether oxygens (including phenoxy) is 2. The van der Waals surface area contributed by atoms with Crippen LogP contribution in [0.2, 0.25) is 0 Å². The van der Waals surface area contributed by atoms with Crippen molar-refractivity contribution in [2.45, 2.75) is 13.8 Å². The first-order valence-electron chi connectivity index (χ1n) is 11.7. The maximum absolute atomic E-state index is 13.0. The zero-order valence-corrected chi connectivity index (χ0v) is 20.8. The topological polar surface area (TPSA) is 79.4 Å². The lowest BCUT2D eigenvalue weighted by molar-refractivity contribution is -0.136. The van der Waals surface area contributed by atoms with Crippen molar-refractivity contribution in [3.63, 3.8) is 0 Å². The molecule has 0 aliphatic carbocycles. The number of carbonyl (C=O) groups is 3. The third kappa shape index (κ3) is 5.79. The Morgan fingerprint density at radius 3 is 2.37 bits per heavy atom. The molecule has 0 saturated carbocycles. The molecule has 0 radical (unpaired) electrons. The molecule has 2 heterocycles. The fraction of sp³-hybridized carbons (Fsp3) is 0.346. The lowest BCUT2D eigenvalue weighted by atomic mass is 10.1. The van der Waals surface area contributed by atoms with Gasteiger partial charge in [0.05, 0.1) is 18.1 Å². The van der Waals surface area contributed by atoms with Gasteiger partial charge in [-0.2, -0.15) is 0 Å². The number of nitrogens with zero attached hydrogens (tertiary/aromatic N) is 3. The summed E-state index contributed by atoms with van der Waals surface area (Å²) < 4.78 is 11.2. The molecule has 8 nitrogen and oxygen atoms in total. The van der Waals surface area contributed by atoms with E-state index >= 15 is 0 Å². The quantitative estimate of drug-likeness (QED) is 0.515. The van der Waals surface area contributed by atoms with E-state index in [-0.39, 0.29) is 17.4 Å². The standard InChI is InChI=1S/C26H29N3O5S/c1-3-33-21-11-10-19(22(17-21)34-4-2)16-23-25(31)29(26(32)35-23)18-24(30)28-14-12-27(13-15-28)20-8-6-5-7-9-20/h5-11,16-17H,3-4,12-15,18H2,1-2H3/b23-16-. The van der Waals surface area contributed by atoms with Crippen molar-refractivity contribution in [1.82, 2.24) is 9.80 Å². The molecule has 4 rings (SSSR count). The number of piperazine rings is 1. The van der Waals surface area contributed by atoms with Crippen LogP contribution >= 0.6 is 11.8 Å².